The fourth-order valence-electron chi connectivity index (χ4n) is 1.34. The van der Waals surface area contributed by atoms with E-state index in [1.807, 2.05) is 12.1 Å². The second-order valence-corrected chi connectivity index (χ2v) is 5.14. The Bertz CT molecular complexity index is 534. The number of hydrogen-bond acceptors (Lipinski definition) is 5. The molecule has 0 radical (unpaired) electrons. The zero-order valence-electron chi connectivity index (χ0n) is 9.25. The minimum absolute atomic E-state index is 0.00345. The minimum Gasteiger partial charge on any atom is -0.394 e. The molecule has 96 valence electrons. The number of tetrazole rings is 1. The molecule has 8 heteroatoms. The van der Waals surface area contributed by atoms with Crippen LogP contribution in [0.5, 0.6) is 0 Å². The van der Waals surface area contributed by atoms with E-state index in [9.17, 15) is 0 Å². The summed E-state index contributed by atoms with van der Waals surface area (Å²) in [6.07, 6.45) is 0. The fourth-order valence-corrected chi connectivity index (χ4v) is 2.70. The van der Waals surface area contributed by atoms with Gasteiger partial charge in [-0.1, -0.05) is 47.1 Å². The maximum Gasteiger partial charge on any atom is 0.209 e. The van der Waals surface area contributed by atoms with E-state index in [2.05, 4.69) is 15.5 Å². The van der Waals surface area contributed by atoms with Crippen LogP contribution in [-0.4, -0.2) is 31.9 Å². The first-order valence-corrected chi connectivity index (χ1v) is 6.89. The molecular formula is C10H10Cl2N4OS. The van der Waals surface area contributed by atoms with E-state index in [0.717, 1.165) is 5.56 Å². The molecule has 0 aliphatic heterocycles. The van der Waals surface area contributed by atoms with Crippen molar-refractivity contribution >= 4 is 35.0 Å². The number of aromatic nitrogens is 4. The van der Waals surface area contributed by atoms with Crippen molar-refractivity contribution in [2.24, 2.45) is 0 Å². The number of aliphatic hydroxyl groups excluding tert-OH is 1. The first-order valence-electron chi connectivity index (χ1n) is 5.15. The van der Waals surface area contributed by atoms with Gasteiger partial charge in [-0.05, 0) is 22.1 Å². The lowest BCUT2D eigenvalue weighted by molar-refractivity contribution is 0.262. The molecule has 0 aliphatic carbocycles. The molecule has 0 saturated carbocycles. The van der Waals surface area contributed by atoms with Crippen molar-refractivity contribution < 1.29 is 5.11 Å². The molecule has 0 amide bonds. The number of aliphatic hydroxyl groups is 1. The van der Waals surface area contributed by atoms with Crippen LogP contribution in [0.25, 0.3) is 0 Å². The molecular weight excluding hydrogens is 295 g/mol. The molecule has 0 saturated heterocycles. The van der Waals surface area contributed by atoms with E-state index < -0.39 is 0 Å². The Morgan fingerprint density at radius 2 is 2.17 bits per heavy atom. The largest absolute Gasteiger partial charge is 0.394 e. The second-order valence-electron chi connectivity index (χ2n) is 3.41. The topological polar surface area (TPSA) is 63.8 Å². The van der Waals surface area contributed by atoms with Gasteiger partial charge in [-0.25, -0.2) is 4.68 Å². The van der Waals surface area contributed by atoms with Crippen LogP contribution in [0.4, 0.5) is 0 Å². The zero-order valence-corrected chi connectivity index (χ0v) is 11.6. The Labute approximate surface area is 118 Å². The summed E-state index contributed by atoms with van der Waals surface area (Å²) in [4.78, 5) is 0. The van der Waals surface area contributed by atoms with E-state index in [4.69, 9.17) is 28.3 Å². The summed E-state index contributed by atoms with van der Waals surface area (Å²) in [5.41, 5.74) is 0.924. The van der Waals surface area contributed by atoms with E-state index in [1.54, 1.807) is 10.7 Å². The lowest BCUT2D eigenvalue weighted by atomic mass is 10.2. The normalized spacial score (nSPS) is 10.8. The maximum absolute atomic E-state index is 8.86. The van der Waals surface area contributed by atoms with Crippen LogP contribution in [0.3, 0.4) is 0 Å². The van der Waals surface area contributed by atoms with Crippen LogP contribution in [-0.2, 0) is 12.3 Å². The van der Waals surface area contributed by atoms with Crippen molar-refractivity contribution in [3.05, 3.63) is 33.8 Å². The highest BCUT2D eigenvalue weighted by Crippen LogP contribution is 2.30. The highest BCUT2D eigenvalue weighted by Gasteiger charge is 2.09. The highest BCUT2D eigenvalue weighted by molar-refractivity contribution is 7.98. The van der Waals surface area contributed by atoms with Gasteiger partial charge in [-0.2, -0.15) is 0 Å². The summed E-state index contributed by atoms with van der Waals surface area (Å²) in [6.45, 7) is 0.370. The Morgan fingerprint density at radius 1 is 1.33 bits per heavy atom. The Balaban J connectivity index is 2.07. The molecule has 0 aliphatic rings. The average Bonchev–Trinajstić information content (AvgIpc) is 2.79. The number of halogens is 2. The van der Waals surface area contributed by atoms with E-state index in [-0.39, 0.29) is 6.61 Å². The highest BCUT2D eigenvalue weighted by atomic mass is 35.5. The molecule has 2 rings (SSSR count). The van der Waals surface area contributed by atoms with Crippen LogP contribution >= 0.6 is 35.0 Å². The van der Waals surface area contributed by atoms with Crippen LogP contribution in [0.2, 0.25) is 10.0 Å². The Hall–Kier alpha value is -0.820. The molecule has 0 atom stereocenters. The van der Waals surface area contributed by atoms with Gasteiger partial charge in [0.05, 0.1) is 23.2 Å². The third-order valence-electron chi connectivity index (χ3n) is 2.20. The lowest BCUT2D eigenvalue weighted by Gasteiger charge is -2.05. The number of nitrogens with zero attached hydrogens (tertiary/aromatic N) is 4. The smallest absolute Gasteiger partial charge is 0.209 e. The summed E-state index contributed by atoms with van der Waals surface area (Å²) >= 11 is 13.5. The predicted molar refractivity (Wildman–Crippen MR) is 70.9 cm³/mol. The molecule has 0 spiro atoms. The van der Waals surface area contributed by atoms with Gasteiger partial charge in [0.15, 0.2) is 0 Å². The van der Waals surface area contributed by atoms with Gasteiger partial charge in [0, 0.05) is 5.75 Å². The molecule has 5 nitrogen and oxygen atoms in total. The first-order chi connectivity index (χ1) is 8.72. The van der Waals surface area contributed by atoms with Crippen LogP contribution < -0.4 is 0 Å². The summed E-state index contributed by atoms with van der Waals surface area (Å²) in [6, 6.07) is 5.50. The summed E-state index contributed by atoms with van der Waals surface area (Å²) in [7, 11) is 0. The van der Waals surface area contributed by atoms with Crippen molar-refractivity contribution in [1.82, 2.24) is 20.2 Å². The van der Waals surface area contributed by atoms with Crippen LogP contribution in [0, 0.1) is 0 Å². The second kappa shape index (κ2) is 6.38. The van der Waals surface area contributed by atoms with E-state index in [0.29, 0.717) is 27.5 Å². The summed E-state index contributed by atoms with van der Waals surface area (Å²) < 4.78 is 1.54. The van der Waals surface area contributed by atoms with Gasteiger partial charge in [-0.3, -0.25) is 0 Å². The van der Waals surface area contributed by atoms with Crippen molar-refractivity contribution in [2.75, 3.05) is 6.61 Å². The molecule has 1 N–H and O–H groups in total. The van der Waals surface area contributed by atoms with Gasteiger partial charge in [0.1, 0.15) is 0 Å². The van der Waals surface area contributed by atoms with Gasteiger partial charge in [0.25, 0.3) is 0 Å². The summed E-state index contributed by atoms with van der Waals surface area (Å²) in [5.74, 6) is 0.616. The van der Waals surface area contributed by atoms with Crippen molar-refractivity contribution in [2.45, 2.75) is 17.5 Å². The van der Waals surface area contributed by atoms with Gasteiger partial charge in [0.2, 0.25) is 5.16 Å². The predicted octanol–water partition coefficient (Wildman–Crippen LogP) is 2.26. The van der Waals surface area contributed by atoms with E-state index in [1.165, 1.54) is 11.8 Å². The quantitative estimate of drug-likeness (QED) is 0.859. The third kappa shape index (κ3) is 3.14. The van der Waals surface area contributed by atoms with Crippen molar-refractivity contribution in [1.29, 1.82) is 0 Å². The molecule has 2 aromatic rings. The standard InChI is InChI=1S/C10H10Cl2N4OS/c11-8-3-1-2-7(9(8)12)6-18-10-13-14-15-16(10)4-5-17/h1-3,17H,4-6H2. The SMILES string of the molecule is OCCn1nnnc1SCc1cccc(Cl)c1Cl. The number of hydrogen-bond donors (Lipinski definition) is 1. The minimum atomic E-state index is -0.00345. The maximum atomic E-state index is 8.86. The summed E-state index contributed by atoms with van der Waals surface area (Å²) in [5, 5.41) is 21.8. The van der Waals surface area contributed by atoms with Crippen molar-refractivity contribution in [3.63, 3.8) is 0 Å². The number of rotatable bonds is 5. The zero-order chi connectivity index (χ0) is 13.0. The molecule has 18 heavy (non-hydrogen) atoms. The third-order valence-corrected chi connectivity index (χ3v) is 4.06. The van der Waals surface area contributed by atoms with Gasteiger partial charge >= 0.3 is 0 Å². The van der Waals surface area contributed by atoms with Crippen LogP contribution in [0.15, 0.2) is 23.4 Å². The molecule has 1 aromatic carbocycles. The lowest BCUT2D eigenvalue weighted by Crippen LogP contribution is -2.05. The monoisotopic (exact) mass is 304 g/mol. The van der Waals surface area contributed by atoms with Gasteiger partial charge < -0.3 is 5.11 Å². The molecule has 0 fully saturated rings. The van der Waals surface area contributed by atoms with E-state index >= 15 is 0 Å². The Morgan fingerprint density at radius 3 is 2.94 bits per heavy atom. The number of thioether (sulfide) groups is 1. The molecule has 1 aromatic heterocycles. The molecule has 0 bridgehead atoms. The molecule has 1 heterocycles. The van der Waals surface area contributed by atoms with Gasteiger partial charge in [-0.15, -0.1) is 5.10 Å². The van der Waals surface area contributed by atoms with Crippen LogP contribution in [0.1, 0.15) is 5.56 Å². The first kappa shape index (κ1) is 13.6. The fraction of sp³-hybridized carbons (Fsp3) is 0.300. The average molecular weight is 305 g/mol. The Kier molecular flexibility index (Phi) is 4.82. The number of benzene rings is 1. The molecule has 0 unspecified atom stereocenters. The van der Waals surface area contributed by atoms with Crippen molar-refractivity contribution in [3.8, 4) is 0 Å².